The van der Waals surface area contributed by atoms with Crippen LogP contribution < -0.4 is 15.0 Å². The summed E-state index contributed by atoms with van der Waals surface area (Å²) in [5.74, 6) is -0.577. The van der Waals surface area contributed by atoms with Gasteiger partial charge in [0.25, 0.3) is 5.91 Å². The summed E-state index contributed by atoms with van der Waals surface area (Å²) in [6.07, 6.45) is -1.70. The van der Waals surface area contributed by atoms with Crippen molar-refractivity contribution in [3.8, 4) is 5.75 Å². The fourth-order valence-electron chi connectivity index (χ4n) is 3.10. The highest BCUT2D eigenvalue weighted by atomic mass is 19.4. The SMILES string of the molecule is COc1ccc(NC(=O)c2cn(C)nc2C(F)(F)F)cc1N1CCCCC1=O. The Morgan fingerprint density at radius 2 is 2.04 bits per heavy atom. The van der Waals surface area contributed by atoms with Crippen molar-refractivity contribution in [3.63, 3.8) is 0 Å². The van der Waals surface area contributed by atoms with Crippen molar-refractivity contribution >= 4 is 23.2 Å². The number of anilines is 2. The van der Waals surface area contributed by atoms with Gasteiger partial charge in [0, 0.05) is 31.9 Å². The normalized spacial score (nSPS) is 14.9. The molecule has 1 N–H and O–H groups in total. The number of aromatic nitrogens is 2. The van der Waals surface area contributed by atoms with Gasteiger partial charge in [-0.2, -0.15) is 18.3 Å². The zero-order valence-corrected chi connectivity index (χ0v) is 15.3. The molecule has 10 heteroatoms. The molecule has 1 aromatic carbocycles. The summed E-state index contributed by atoms with van der Waals surface area (Å²) in [5.41, 5.74) is -1.13. The van der Waals surface area contributed by atoms with Crippen LogP contribution in [-0.2, 0) is 18.0 Å². The summed E-state index contributed by atoms with van der Waals surface area (Å²) in [4.78, 5) is 26.2. The molecule has 1 aliphatic heterocycles. The summed E-state index contributed by atoms with van der Waals surface area (Å²) in [6, 6.07) is 4.57. The van der Waals surface area contributed by atoms with Gasteiger partial charge in [0.05, 0.1) is 18.4 Å². The first-order valence-electron chi connectivity index (χ1n) is 8.61. The molecule has 0 spiro atoms. The van der Waals surface area contributed by atoms with Crippen molar-refractivity contribution in [2.24, 2.45) is 7.05 Å². The van der Waals surface area contributed by atoms with Gasteiger partial charge in [0.1, 0.15) is 5.75 Å². The van der Waals surface area contributed by atoms with Gasteiger partial charge in [0.15, 0.2) is 5.69 Å². The second-order valence-corrected chi connectivity index (χ2v) is 6.41. The Morgan fingerprint density at radius 1 is 1.29 bits per heavy atom. The molecule has 0 atom stereocenters. The minimum absolute atomic E-state index is 0.0698. The summed E-state index contributed by atoms with van der Waals surface area (Å²) in [6.45, 7) is 0.507. The van der Waals surface area contributed by atoms with E-state index in [4.69, 9.17) is 4.74 Å². The van der Waals surface area contributed by atoms with Crippen LogP contribution in [0.3, 0.4) is 0 Å². The standard InChI is InChI=1S/C18H19F3N4O3/c1-24-10-12(16(23-24)18(19,20)21)17(27)22-11-6-7-14(28-2)13(9-11)25-8-4-3-5-15(25)26/h6-7,9-10H,3-5,8H2,1-2H3,(H,22,27). The first-order valence-corrected chi connectivity index (χ1v) is 8.61. The number of amides is 2. The minimum atomic E-state index is -4.75. The highest BCUT2D eigenvalue weighted by Crippen LogP contribution is 2.34. The number of nitrogens with one attached hydrogen (secondary N) is 1. The fourth-order valence-corrected chi connectivity index (χ4v) is 3.10. The van der Waals surface area contributed by atoms with E-state index in [1.165, 1.54) is 26.3 Å². The molecular weight excluding hydrogens is 377 g/mol. The Hall–Kier alpha value is -3.04. The first kappa shape index (κ1) is 19.7. The monoisotopic (exact) mass is 396 g/mol. The molecule has 0 aliphatic carbocycles. The molecule has 28 heavy (non-hydrogen) atoms. The molecule has 1 aliphatic rings. The molecule has 1 fully saturated rings. The van der Waals surface area contributed by atoms with Crippen LogP contribution in [0, 0.1) is 0 Å². The summed E-state index contributed by atoms with van der Waals surface area (Å²) >= 11 is 0. The number of piperidine rings is 1. The van der Waals surface area contributed by atoms with Crippen LogP contribution in [0.25, 0.3) is 0 Å². The molecule has 7 nitrogen and oxygen atoms in total. The third-order valence-electron chi connectivity index (χ3n) is 4.39. The van der Waals surface area contributed by atoms with Crippen molar-refractivity contribution in [2.75, 3.05) is 23.9 Å². The van der Waals surface area contributed by atoms with Crippen LogP contribution in [0.5, 0.6) is 5.75 Å². The average Bonchev–Trinajstić information content (AvgIpc) is 3.04. The Bertz CT molecular complexity index is 908. The smallest absolute Gasteiger partial charge is 0.435 e. The van der Waals surface area contributed by atoms with Gasteiger partial charge in [-0.3, -0.25) is 14.3 Å². The number of hydrogen-bond donors (Lipinski definition) is 1. The number of nitrogens with zero attached hydrogens (tertiary/aromatic N) is 3. The maximum atomic E-state index is 13.1. The fraction of sp³-hybridized carbons (Fsp3) is 0.389. The molecule has 0 saturated carbocycles. The molecule has 2 amide bonds. The molecule has 150 valence electrons. The number of carbonyl (C=O) groups excluding carboxylic acids is 2. The Kier molecular flexibility index (Phi) is 5.30. The molecule has 0 unspecified atom stereocenters. The van der Waals surface area contributed by atoms with E-state index in [1.807, 2.05) is 0 Å². The predicted molar refractivity (Wildman–Crippen MR) is 95.4 cm³/mol. The van der Waals surface area contributed by atoms with Gasteiger partial charge in [-0.25, -0.2) is 0 Å². The maximum absolute atomic E-state index is 13.1. The predicted octanol–water partition coefficient (Wildman–Crippen LogP) is 3.22. The van der Waals surface area contributed by atoms with Crippen molar-refractivity contribution in [3.05, 3.63) is 35.7 Å². The molecule has 2 heterocycles. The van der Waals surface area contributed by atoms with E-state index in [0.717, 1.165) is 23.7 Å². The number of alkyl halides is 3. The van der Waals surface area contributed by atoms with E-state index in [0.29, 0.717) is 24.4 Å². The van der Waals surface area contributed by atoms with Gasteiger partial charge in [-0.15, -0.1) is 0 Å². The molecule has 1 saturated heterocycles. The van der Waals surface area contributed by atoms with Crippen LogP contribution in [0.1, 0.15) is 35.3 Å². The quantitative estimate of drug-likeness (QED) is 0.861. The third kappa shape index (κ3) is 3.95. The van der Waals surface area contributed by atoms with Crippen molar-refractivity contribution in [1.29, 1.82) is 0 Å². The number of methoxy groups -OCH3 is 1. The zero-order chi connectivity index (χ0) is 20.5. The van der Waals surface area contributed by atoms with Crippen molar-refractivity contribution in [1.82, 2.24) is 9.78 Å². The van der Waals surface area contributed by atoms with Gasteiger partial charge < -0.3 is 15.0 Å². The first-order chi connectivity index (χ1) is 13.2. The van der Waals surface area contributed by atoms with Crippen molar-refractivity contribution < 1.29 is 27.5 Å². The highest BCUT2D eigenvalue weighted by Gasteiger charge is 2.39. The van der Waals surface area contributed by atoms with Crippen molar-refractivity contribution in [2.45, 2.75) is 25.4 Å². The van der Waals surface area contributed by atoms with E-state index in [1.54, 1.807) is 11.0 Å². The second-order valence-electron chi connectivity index (χ2n) is 6.41. The van der Waals surface area contributed by atoms with E-state index < -0.39 is 23.3 Å². The van der Waals surface area contributed by atoms with Gasteiger partial charge >= 0.3 is 6.18 Å². The number of benzene rings is 1. The Morgan fingerprint density at radius 3 is 2.68 bits per heavy atom. The maximum Gasteiger partial charge on any atom is 0.435 e. The number of carbonyl (C=O) groups is 2. The van der Waals surface area contributed by atoms with Crippen LogP contribution >= 0.6 is 0 Å². The third-order valence-corrected chi connectivity index (χ3v) is 4.39. The van der Waals surface area contributed by atoms with Gasteiger partial charge in [-0.1, -0.05) is 0 Å². The summed E-state index contributed by atoms with van der Waals surface area (Å²) in [7, 11) is 2.76. The highest BCUT2D eigenvalue weighted by molar-refractivity contribution is 6.05. The number of aryl methyl sites for hydroxylation is 1. The molecule has 1 aromatic heterocycles. The van der Waals surface area contributed by atoms with E-state index >= 15 is 0 Å². The summed E-state index contributed by atoms with van der Waals surface area (Å²) < 4.78 is 45.5. The molecule has 2 aromatic rings. The van der Waals surface area contributed by atoms with Gasteiger partial charge in [-0.05, 0) is 31.0 Å². The Labute approximate surface area is 159 Å². The molecular formula is C18H19F3N4O3. The van der Waals surface area contributed by atoms with Crippen LogP contribution in [-0.4, -0.2) is 35.2 Å². The lowest BCUT2D eigenvalue weighted by Crippen LogP contribution is -2.35. The number of ether oxygens (including phenoxy) is 1. The zero-order valence-electron chi connectivity index (χ0n) is 15.3. The molecule has 0 radical (unpaired) electrons. The lowest BCUT2D eigenvalue weighted by molar-refractivity contribution is -0.141. The van der Waals surface area contributed by atoms with Crippen LogP contribution in [0.2, 0.25) is 0 Å². The average molecular weight is 396 g/mol. The lowest BCUT2D eigenvalue weighted by Gasteiger charge is -2.28. The second kappa shape index (κ2) is 7.53. The number of hydrogen-bond acceptors (Lipinski definition) is 4. The topological polar surface area (TPSA) is 76.5 Å². The van der Waals surface area contributed by atoms with E-state index in [9.17, 15) is 22.8 Å². The number of rotatable bonds is 4. The molecule has 0 bridgehead atoms. The largest absolute Gasteiger partial charge is 0.495 e. The van der Waals surface area contributed by atoms with E-state index in [-0.39, 0.29) is 11.6 Å². The molecule has 3 rings (SSSR count). The Balaban J connectivity index is 1.90. The summed E-state index contributed by atoms with van der Waals surface area (Å²) in [5, 5.41) is 5.77. The van der Waals surface area contributed by atoms with E-state index in [2.05, 4.69) is 10.4 Å². The van der Waals surface area contributed by atoms with Crippen LogP contribution in [0.15, 0.2) is 24.4 Å². The lowest BCUT2D eigenvalue weighted by atomic mass is 10.1. The van der Waals surface area contributed by atoms with Crippen LogP contribution in [0.4, 0.5) is 24.5 Å². The van der Waals surface area contributed by atoms with Gasteiger partial charge in [0.2, 0.25) is 5.91 Å². The minimum Gasteiger partial charge on any atom is -0.495 e. The number of halogens is 3.